The van der Waals surface area contributed by atoms with E-state index in [4.69, 9.17) is 10.5 Å². The van der Waals surface area contributed by atoms with Crippen molar-refractivity contribution in [3.8, 4) is 5.75 Å². The maximum atomic E-state index is 12.3. The minimum absolute atomic E-state index is 0.391. The summed E-state index contributed by atoms with van der Waals surface area (Å²) in [7, 11) is 1.50. The highest BCUT2D eigenvalue weighted by Gasteiger charge is 2.18. The number of hydrogen-bond donors (Lipinski definition) is 1. The van der Waals surface area contributed by atoms with Crippen LogP contribution in [0.2, 0.25) is 0 Å². The molecule has 78 valence electrons. The zero-order valence-corrected chi connectivity index (χ0v) is 8.13. The molecule has 2 N–H and O–H groups in total. The second-order valence-corrected chi connectivity index (χ2v) is 3.09. The third-order valence-electron chi connectivity index (χ3n) is 2.09. The number of methoxy groups -OCH3 is 1. The van der Waals surface area contributed by atoms with Crippen molar-refractivity contribution in [1.82, 2.24) is 0 Å². The fourth-order valence-electron chi connectivity index (χ4n) is 1.19. The SMILES string of the molecule is COc1cc(C(N)C(F)F)ccc1C. The van der Waals surface area contributed by atoms with Crippen molar-refractivity contribution in [2.45, 2.75) is 19.4 Å². The van der Waals surface area contributed by atoms with E-state index in [1.807, 2.05) is 6.92 Å². The van der Waals surface area contributed by atoms with Crippen LogP contribution in [0, 0.1) is 6.92 Å². The molecule has 0 amide bonds. The van der Waals surface area contributed by atoms with Gasteiger partial charge in [-0.2, -0.15) is 0 Å². The predicted molar refractivity (Wildman–Crippen MR) is 50.7 cm³/mol. The second kappa shape index (κ2) is 4.37. The summed E-state index contributed by atoms with van der Waals surface area (Å²) in [5.74, 6) is 0.582. The highest BCUT2D eigenvalue weighted by Crippen LogP contribution is 2.24. The molecular formula is C10H13F2NO. The molecule has 1 unspecified atom stereocenters. The summed E-state index contributed by atoms with van der Waals surface area (Å²) in [6.07, 6.45) is -2.55. The van der Waals surface area contributed by atoms with Gasteiger partial charge in [-0.05, 0) is 24.1 Å². The minimum atomic E-state index is -2.55. The minimum Gasteiger partial charge on any atom is -0.496 e. The molecule has 0 aliphatic rings. The van der Waals surface area contributed by atoms with Crippen LogP contribution in [0.25, 0.3) is 0 Å². The van der Waals surface area contributed by atoms with Crippen molar-refractivity contribution < 1.29 is 13.5 Å². The largest absolute Gasteiger partial charge is 0.496 e. The van der Waals surface area contributed by atoms with E-state index < -0.39 is 12.5 Å². The number of rotatable bonds is 3. The molecule has 0 aliphatic carbocycles. The van der Waals surface area contributed by atoms with Gasteiger partial charge in [-0.15, -0.1) is 0 Å². The van der Waals surface area contributed by atoms with E-state index in [1.54, 1.807) is 18.2 Å². The molecule has 0 aliphatic heterocycles. The molecule has 0 heterocycles. The lowest BCUT2D eigenvalue weighted by Crippen LogP contribution is -2.18. The first kappa shape index (κ1) is 10.9. The summed E-state index contributed by atoms with van der Waals surface area (Å²) in [5.41, 5.74) is 6.60. The fraction of sp³-hybridized carbons (Fsp3) is 0.400. The average Bonchev–Trinajstić information content (AvgIpc) is 2.17. The molecule has 1 rings (SSSR count). The van der Waals surface area contributed by atoms with Gasteiger partial charge in [0.05, 0.1) is 13.2 Å². The molecule has 0 saturated heterocycles. The molecule has 0 radical (unpaired) electrons. The summed E-state index contributed by atoms with van der Waals surface area (Å²) in [4.78, 5) is 0. The van der Waals surface area contributed by atoms with Gasteiger partial charge in [0.15, 0.2) is 0 Å². The van der Waals surface area contributed by atoms with Gasteiger partial charge in [-0.25, -0.2) is 8.78 Å². The Morgan fingerprint density at radius 1 is 1.36 bits per heavy atom. The monoisotopic (exact) mass is 201 g/mol. The quantitative estimate of drug-likeness (QED) is 0.814. The molecule has 2 nitrogen and oxygen atoms in total. The van der Waals surface area contributed by atoms with Gasteiger partial charge in [0.2, 0.25) is 0 Å². The van der Waals surface area contributed by atoms with Crippen LogP contribution in [-0.4, -0.2) is 13.5 Å². The molecule has 14 heavy (non-hydrogen) atoms. The standard InChI is InChI=1S/C10H13F2NO/c1-6-3-4-7(5-8(6)14-2)9(13)10(11)12/h3-5,9-10H,13H2,1-2H3. The molecular weight excluding hydrogens is 188 g/mol. The summed E-state index contributed by atoms with van der Waals surface area (Å²) >= 11 is 0. The first-order chi connectivity index (χ1) is 6.56. The summed E-state index contributed by atoms with van der Waals surface area (Å²) in [6, 6.07) is 3.61. The first-order valence-electron chi connectivity index (χ1n) is 4.24. The topological polar surface area (TPSA) is 35.2 Å². The van der Waals surface area contributed by atoms with Gasteiger partial charge in [0, 0.05) is 0 Å². The van der Waals surface area contributed by atoms with Crippen LogP contribution < -0.4 is 10.5 Å². The number of benzene rings is 1. The Hall–Kier alpha value is -1.16. The van der Waals surface area contributed by atoms with Crippen LogP contribution >= 0.6 is 0 Å². The van der Waals surface area contributed by atoms with Crippen LogP contribution in [0.1, 0.15) is 17.2 Å². The van der Waals surface area contributed by atoms with E-state index in [-0.39, 0.29) is 0 Å². The van der Waals surface area contributed by atoms with Crippen molar-refractivity contribution in [1.29, 1.82) is 0 Å². The number of aryl methyl sites for hydroxylation is 1. The molecule has 0 aromatic heterocycles. The molecule has 4 heteroatoms. The average molecular weight is 201 g/mol. The molecule has 1 atom stereocenters. The second-order valence-electron chi connectivity index (χ2n) is 3.09. The molecule has 0 spiro atoms. The molecule has 0 bridgehead atoms. The smallest absolute Gasteiger partial charge is 0.257 e. The van der Waals surface area contributed by atoms with Gasteiger partial charge in [0.1, 0.15) is 5.75 Å². The van der Waals surface area contributed by atoms with Crippen LogP contribution in [0.15, 0.2) is 18.2 Å². The normalized spacial score (nSPS) is 13.0. The Bertz CT molecular complexity index is 315. The van der Waals surface area contributed by atoms with Crippen molar-refractivity contribution >= 4 is 0 Å². The summed E-state index contributed by atoms with van der Waals surface area (Å²) in [6.45, 7) is 1.84. The Labute approximate surface area is 81.7 Å². The van der Waals surface area contributed by atoms with Crippen molar-refractivity contribution in [2.75, 3.05) is 7.11 Å². The molecule has 1 aromatic carbocycles. The van der Waals surface area contributed by atoms with Gasteiger partial charge >= 0.3 is 0 Å². The maximum Gasteiger partial charge on any atom is 0.257 e. The number of hydrogen-bond acceptors (Lipinski definition) is 2. The number of halogens is 2. The van der Waals surface area contributed by atoms with Crippen molar-refractivity contribution in [2.24, 2.45) is 5.73 Å². The number of ether oxygens (including phenoxy) is 1. The van der Waals surface area contributed by atoms with E-state index >= 15 is 0 Å². The van der Waals surface area contributed by atoms with Crippen LogP contribution in [0.4, 0.5) is 8.78 Å². The van der Waals surface area contributed by atoms with E-state index in [1.165, 1.54) is 7.11 Å². The Morgan fingerprint density at radius 2 is 2.00 bits per heavy atom. The van der Waals surface area contributed by atoms with Gasteiger partial charge in [0.25, 0.3) is 6.43 Å². The van der Waals surface area contributed by atoms with Gasteiger partial charge < -0.3 is 10.5 Å². The zero-order chi connectivity index (χ0) is 10.7. The highest BCUT2D eigenvalue weighted by atomic mass is 19.3. The van der Waals surface area contributed by atoms with Gasteiger partial charge in [-0.1, -0.05) is 12.1 Å². The molecule has 1 aromatic rings. The van der Waals surface area contributed by atoms with Crippen LogP contribution in [0.5, 0.6) is 5.75 Å². The third-order valence-corrected chi connectivity index (χ3v) is 2.09. The lowest BCUT2D eigenvalue weighted by Gasteiger charge is -2.13. The number of alkyl halides is 2. The van der Waals surface area contributed by atoms with Crippen molar-refractivity contribution in [3.63, 3.8) is 0 Å². The summed E-state index contributed by atoms with van der Waals surface area (Å²) < 4.78 is 29.6. The Balaban J connectivity index is 3.00. The lowest BCUT2D eigenvalue weighted by atomic mass is 10.1. The number of nitrogens with two attached hydrogens (primary N) is 1. The van der Waals surface area contributed by atoms with E-state index in [2.05, 4.69) is 0 Å². The van der Waals surface area contributed by atoms with Crippen LogP contribution in [0.3, 0.4) is 0 Å². The van der Waals surface area contributed by atoms with E-state index in [0.29, 0.717) is 11.3 Å². The Morgan fingerprint density at radius 3 is 2.50 bits per heavy atom. The van der Waals surface area contributed by atoms with Gasteiger partial charge in [-0.3, -0.25) is 0 Å². The predicted octanol–water partition coefficient (Wildman–Crippen LogP) is 2.27. The Kier molecular flexibility index (Phi) is 3.41. The third kappa shape index (κ3) is 2.20. The van der Waals surface area contributed by atoms with E-state index in [9.17, 15) is 8.78 Å². The molecule has 0 saturated carbocycles. The first-order valence-corrected chi connectivity index (χ1v) is 4.24. The summed E-state index contributed by atoms with van der Waals surface area (Å²) in [5, 5.41) is 0. The lowest BCUT2D eigenvalue weighted by molar-refractivity contribution is 0.116. The van der Waals surface area contributed by atoms with Crippen molar-refractivity contribution in [3.05, 3.63) is 29.3 Å². The fourth-order valence-corrected chi connectivity index (χ4v) is 1.19. The maximum absolute atomic E-state index is 12.3. The highest BCUT2D eigenvalue weighted by molar-refractivity contribution is 5.37. The zero-order valence-electron chi connectivity index (χ0n) is 8.13. The van der Waals surface area contributed by atoms with E-state index in [0.717, 1.165) is 5.56 Å². The van der Waals surface area contributed by atoms with Crippen LogP contribution in [-0.2, 0) is 0 Å². The molecule has 0 fully saturated rings.